The molecule has 0 aliphatic rings. The summed E-state index contributed by atoms with van der Waals surface area (Å²) < 4.78 is 16.5. The normalized spacial score (nSPS) is 10.2. The minimum atomic E-state index is -0.463. The third-order valence-corrected chi connectivity index (χ3v) is 4.03. The lowest BCUT2D eigenvalue weighted by Crippen LogP contribution is -2.43. The van der Waals surface area contributed by atoms with E-state index in [-0.39, 0.29) is 18.9 Å². The Hall–Kier alpha value is -2.93. The lowest BCUT2D eigenvalue weighted by molar-refractivity contribution is -0.130. The number of hydrazine groups is 1. The van der Waals surface area contributed by atoms with Gasteiger partial charge in [0.05, 0.1) is 13.2 Å². The van der Waals surface area contributed by atoms with Crippen LogP contribution >= 0.6 is 11.6 Å². The van der Waals surface area contributed by atoms with Crippen LogP contribution in [0, 0.1) is 6.92 Å². The zero-order chi connectivity index (χ0) is 21.1. The highest BCUT2D eigenvalue weighted by atomic mass is 35.5. The number of hydrogen-bond donors (Lipinski definition) is 2. The van der Waals surface area contributed by atoms with Crippen LogP contribution in [0.1, 0.15) is 25.3 Å². The van der Waals surface area contributed by atoms with Gasteiger partial charge in [-0.05, 0) is 56.2 Å². The number of para-hydroxylation sites is 2. The van der Waals surface area contributed by atoms with Crippen LogP contribution in [0.15, 0.2) is 42.5 Å². The predicted octanol–water partition coefficient (Wildman–Crippen LogP) is 3.43. The zero-order valence-electron chi connectivity index (χ0n) is 16.5. The van der Waals surface area contributed by atoms with Crippen LogP contribution in [-0.4, -0.2) is 31.6 Å². The molecule has 0 saturated heterocycles. The number of benzene rings is 2. The molecule has 8 heteroatoms. The van der Waals surface area contributed by atoms with Gasteiger partial charge in [0.25, 0.3) is 5.91 Å². The molecule has 0 atom stereocenters. The Labute approximate surface area is 175 Å². The molecular weight excluding hydrogens is 396 g/mol. The lowest BCUT2D eigenvalue weighted by Gasteiger charge is -2.12. The molecule has 2 rings (SSSR count). The first-order chi connectivity index (χ1) is 14.0. The first-order valence-corrected chi connectivity index (χ1v) is 9.68. The van der Waals surface area contributed by atoms with Crippen LogP contribution in [0.25, 0.3) is 0 Å². The van der Waals surface area contributed by atoms with Crippen molar-refractivity contribution in [1.82, 2.24) is 10.9 Å². The Morgan fingerprint density at radius 1 is 0.931 bits per heavy atom. The fourth-order valence-electron chi connectivity index (χ4n) is 2.42. The highest BCUT2D eigenvalue weighted by molar-refractivity contribution is 6.30. The van der Waals surface area contributed by atoms with E-state index in [1.54, 1.807) is 18.2 Å². The van der Waals surface area contributed by atoms with Gasteiger partial charge in [-0.25, -0.2) is 0 Å². The summed E-state index contributed by atoms with van der Waals surface area (Å²) in [5.74, 6) is 1.08. The van der Waals surface area contributed by atoms with E-state index in [4.69, 9.17) is 25.8 Å². The fourth-order valence-corrected chi connectivity index (χ4v) is 2.64. The van der Waals surface area contributed by atoms with Gasteiger partial charge >= 0.3 is 0 Å². The van der Waals surface area contributed by atoms with E-state index >= 15 is 0 Å². The Morgan fingerprint density at radius 3 is 2.31 bits per heavy atom. The Bertz CT molecular complexity index is 828. The van der Waals surface area contributed by atoms with Gasteiger partial charge < -0.3 is 14.2 Å². The number of halogens is 1. The molecule has 2 aromatic rings. The maximum Gasteiger partial charge on any atom is 0.276 e. The summed E-state index contributed by atoms with van der Waals surface area (Å²) in [7, 11) is 0. The van der Waals surface area contributed by atoms with Crippen molar-refractivity contribution in [2.75, 3.05) is 19.8 Å². The van der Waals surface area contributed by atoms with E-state index in [9.17, 15) is 9.59 Å². The summed E-state index contributed by atoms with van der Waals surface area (Å²) in [5, 5.41) is 0.594. The maximum absolute atomic E-state index is 11.8. The van der Waals surface area contributed by atoms with E-state index in [1.165, 1.54) is 0 Å². The monoisotopic (exact) mass is 420 g/mol. The highest BCUT2D eigenvalue weighted by Gasteiger charge is 2.08. The molecule has 0 aliphatic carbocycles. The number of nitrogens with one attached hydrogen (secondary N) is 2. The second kappa shape index (κ2) is 11.8. The summed E-state index contributed by atoms with van der Waals surface area (Å²) in [4.78, 5) is 23.6. The average Bonchev–Trinajstić information content (AvgIpc) is 2.70. The first kappa shape index (κ1) is 22.4. The average molecular weight is 421 g/mol. The molecule has 0 aromatic heterocycles. The SMILES string of the molecule is CCOc1ccccc1OCCCC(=O)NNC(=O)COc1ccc(Cl)cc1C. The topological polar surface area (TPSA) is 85.9 Å². The Morgan fingerprint density at radius 2 is 1.62 bits per heavy atom. The van der Waals surface area contributed by atoms with Gasteiger partial charge in [0.2, 0.25) is 5.91 Å². The van der Waals surface area contributed by atoms with Crippen molar-refractivity contribution >= 4 is 23.4 Å². The van der Waals surface area contributed by atoms with Gasteiger partial charge in [0.15, 0.2) is 18.1 Å². The molecule has 0 spiro atoms. The van der Waals surface area contributed by atoms with Crippen molar-refractivity contribution in [3.63, 3.8) is 0 Å². The number of carbonyl (C=O) groups excluding carboxylic acids is 2. The van der Waals surface area contributed by atoms with Crippen LogP contribution in [0.3, 0.4) is 0 Å². The van der Waals surface area contributed by atoms with Crippen molar-refractivity contribution in [3.05, 3.63) is 53.1 Å². The quantitative estimate of drug-likeness (QED) is 0.454. The van der Waals surface area contributed by atoms with E-state index in [2.05, 4.69) is 10.9 Å². The number of rotatable bonds is 10. The van der Waals surface area contributed by atoms with E-state index in [0.717, 1.165) is 5.56 Å². The molecule has 2 aromatic carbocycles. The summed E-state index contributed by atoms with van der Waals surface area (Å²) in [5.41, 5.74) is 5.49. The number of amides is 2. The van der Waals surface area contributed by atoms with Gasteiger partial charge in [-0.1, -0.05) is 23.7 Å². The van der Waals surface area contributed by atoms with Crippen LogP contribution in [-0.2, 0) is 9.59 Å². The number of hydrogen-bond acceptors (Lipinski definition) is 5. The molecule has 0 fully saturated rings. The molecule has 0 heterocycles. The summed E-state index contributed by atoms with van der Waals surface area (Å²) in [6, 6.07) is 12.5. The maximum atomic E-state index is 11.8. The molecular formula is C21H25ClN2O5. The van der Waals surface area contributed by atoms with Crippen molar-refractivity contribution in [2.24, 2.45) is 0 Å². The standard InChI is InChI=1S/C21H25ClN2O5/c1-3-27-18-7-4-5-8-19(18)28-12-6-9-20(25)23-24-21(26)14-29-17-11-10-16(22)13-15(17)2/h4-5,7-8,10-11,13H,3,6,9,12,14H2,1-2H3,(H,23,25)(H,24,26). The Kier molecular flexibility index (Phi) is 9.11. The molecule has 0 unspecified atom stereocenters. The van der Waals surface area contributed by atoms with Gasteiger partial charge in [-0.15, -0.1) is 0 Å². The molecule has 0 saturated carbocycles. The minimum Gasteiger partial charge on any atom is -0.490 e. The van der Waals surface area contributed by atoms with E-state index in [0.29, 0.717) is 41.9 Å². The van der Waals surface area contributed by atoms with Gasteiger partial charge in [-0.2, -0.15) is 0 Å². The first-order valence-electron chi connectivity index (χ1n) is 9.31. The van der Waals surface area contributed by atoms with Crippen LogP contribution in [0.2, 0.25) is 5.02 Å². The molecule has 0 radical (unpaired) electrons. The Balaban J connectivity index is 1.62. The lowest BCUT2D eigenvalue weighted by atomic mass is 10.2. The predicted molar refractivity (Wildman–Crippen MR) is 110 cm³/mol. The van der Waals surface area contributed by atoms with Crippen LogP contribution in [0.4, 0.5) is 0 Å². The summed E-state index contributed by atoms with van der Waals surface area (Å²) in [6.45, 7) is 4.40. The molecule has 0 bridgehead atoms. The van der Waals surface area contributed by atoms with E-state index in [1.807, 2.05) is 38.1 Å². The minimum absolute atomic E-state index is 0.203. The number of ether oxygens (including phenoxy) is 3. The fraction of sp³-hybridized carbons (Fsp3) is 0.333. The van der Waals surface area contributed by atoms with E-state index < -0.39 is 5.91 Å². The van der Waals surface area contributed by atoms with Crippen molar-refractivity contribution in [3.8, 4) is 17.2 Å². The molecule has 156 valence electrons. The third kappa shape index (κ3) is 7.91. The van der Waals surface area contributed by atoms with Gasteiger partial charge in [0.1, 0.15) is 5.75 Å². The van der Waals surface area contributed by atoms with Crippen LogP contribution < -0.4 is 25.1 Å². The molecule has 2 amide bonds. The summed E-state index contributed by atoms with van der Waals surface area (Å²) in [6.07, 6.45) is 0.691. The number of aryl methyl sites for hydroxylation is 1. The third-order valence-electron chi connectivity index (χ3n) is 3.79. The van der Waals surface area contributed by atoms with Crippen molar-refractivity contribution < 1.29 is 23.8 Å². The van der Waals surface area contributed by atoms with Crippen LogP contribution in [0.5, 0.6) is 17.2 Å². The molecule has 29 heavy (non-hydrogen) atoms. The van der Waals surface area contributed by atoms with Gasteiger partial charge in [-0.3, -0.25) is 20.4 Å². The smallest absolute Gasteiger partial charge is 0.276 e. The van der Waals surface area contributed by atoms with Crippen molar-refractivity contribution in [2.45, 2.75) is 26.7 Å². The largest absolute Gasteiger partial charge is 0.490 e. The molecule has 7 nitrogen and oxygen atoms in total. The van der Waals surface area contributed by atoms with Crippen molar-refractivity contribution in [1.29, 1.82) is 0 Å². The second-order valence-corrected chi connectivity index (χ2v) is 6.56. The summed E-state index contributed by atoms with van der Waals surface area (Å²) >= 11 is 5.88. The van der Waals surface area contributed by atoms with Gasteiger partial charge in [0, 0.05) is 11.4 Å². The second-order valence-electron chi connectivity index (χ2n) is 6.13. The zero-order valence-corrected chi connectivity index (χ0v) is 17.3. The number of carbonyl (C=O) groups is 2. The molecule has 2 N–H and O–H groups in total. The highest BCUT2D eigenvalue weighted by Crippen LogP contribution is 2.26. The molecule has 0 aliphatic heterocycles.